The van der Waals surface area contributed by atoms with Crippen molar-refractivity contribution in [2.75, 3.05) is 36.5 Å². The molecule has 0 amide bonds. The van der Waals surface area contributed by atoms with Gasteiger partial charge in [0.15, 0.2) is 0 Å². The van der Waals surface area contributed by atoms with Gasteiger partial charge in [0.25, 0.3) is 0 Å². The summed E-state index contributed by atoms with van der Waals surface area (Å²) < 4.78 is 5.52. The van der Waals surface area contributed by atoms with E-state index >= 15 is 0 Å². The van der Waals surface area contributed by atoms with E-state index < -0.39 is 0 Å². The molecule has 1 N–H and O–H groups in total. The number of aromatic nitrogens is 1. The number of anilines is 2. The van der Waals surface area contributed by atoms with Crippen LogP contribution in [0.5, 0.6) is 0 Å². The Bertz CT molecular complexity index is 355. The van der Waals surface area contributed by atoms with E-state index in [9.17, 15) is 0 Å². The lowest BCUT2D eigenvalue weighted by molar-refractivity contribution is 0.0931. The third kappa shape index (κ3) is 1.55. The molecule has 1 saturated heterocycles. The fourth-order valence-electron chi connectivity index (χ4n) is 2.36. The van der Waals surface area contributed by atoms with Crippen LogP contribution in [0.2, 0.25) is 0 Å². The van der Waals surface area contributed by atoms with Gasteiger partial charge in [-0.25, -0.2) is 0 Å². The first-order chi connectivity index (χ1) is 7.45. The van der Waals surface area contributed by atoms with Gasteiger partial charge < -0.3 is 15.0 Å². The van der Waals surface area contributed by atoms with Crippen LogP contribution < -0.4 is 10.2 Å². The predicted octanol–water partition coefficient (Wildman–Crippen LogP) is 1.10. The first-order valence-electron chi connectivity index (χ1n) is 5.47. The van der Waals surface area contributed by atoms with Crippen LogP contribution in [0.3, 0.4) is 0 Å². The predicted molar refractivity (Wildman–Crippen MR) is 59.3 cm³/mol. The maximum absolute atomic E-state index is 5.52. The van der Waals surface area contributed by atoms with Crippen molar-refractivity contribution >= 4 is 11.4 Å². The minimum Gasteiger partial charge on any atom is -0.382 e. The van der Waals surface area contributed by atoms with Crippen molar-refractivity contribution in [3.8, 4) is 0 Å². The zero-order valence-electron chi connectivity index (χ0n) is 8.65. The number of ether oxygens (including phenoxy) is 1. The smallest absolute Gasteiger partial charge is 0.0764 e. The average molecular weight is 205 g/mol. The third-order valence-electron chi connectivity index (χ3n) is 3.13. The summed E-state index contributed by atoms with van der Waals surface area (Å²) in [5.41, 5.74) is 2.43. The van der Waals surface area contributed by atoms with Gasteiger partial charge in [-0.1, -0.05) is 0 Å². The molecule has 15 heavy (non-hydrogen) atoms. The van der Waals surface area contributed by atoms with Crippen molar-refractivity contribution in [2.45, 2.75) is 12.5 Å². The van der Waals surface area contributed by atoms with E-state index in [2.05, 4.69) is 21.3 Å². The summed E-state index contributed by atoms with van der Waals surface area (Å²) in [6.45, 7) is 3.67. The van der Waals surface area contributed by atoms with Crippen LogP contribution in [-0.4, -0.2) is 37.3 Å². The molecule has 0 radical (unpaired) electrons. The topological polar surface area (TPSA) is 37.4 Å². The van der Waals surface area contributed by atoms with Crippen LogP contribution >= 0.6 is 0 Å². The number of fused-ring (bicyclic) bond motifs is 3. The lowest BCUT2D eigenvalue weighted by Gasteiger charge is -2.36. The number of morpholine rings is 1. The maximum Gasteiger partial charge on any atom is 0.0764 e. The fraction of sp³-hybridized carbons (Fsp3) is 0.545. The van der Waals surface area contributed by atoms with E-state index in [4.69, 9.17) is 4.74 Å². The van der Waals surface area contributed by atoms with Gasteiger partial charge >= 0.3 is 0 Å². The van der Waals surface area contributed by atoms with Crippen LogP contribution in [0, 0.1) is 0 Å². The van der Waals surface area contributed by atoms with E-state index in [1.54, 1.807) is 0 Å². The van der Waals surface area contributed by atoms with E-state index in [-0.39, 0.29) is 0 Å². The molecule has 1 aromatic rings. The molecule has 2 aliphatic rings. The van der Waals surface area contributed by atoms with E-state index in [0.717, 1.165) is 38.4 Å². The van der Waals surface area contributed by atoms with E-state index in [0.29, 0.717) is 6.04 Å². The minimum atomic E-state index is 0.523. The Labute approximate surface area is 89.3 Å². The lowest BCUT2D eigenvalue weighted by atomic mass is 10.1. The maximum atomic E-state index is 5.52. The molecule has 0 spiro atoms. The van der Waals surface area contributed by atoms with Crippen LogP contribution in [0.15, 0.2) is 18.5 Å². The lowest BCUT2D eigenvalue weighted by Crippen LogP contribution is -2.45. The summed E-state index contributed by atoms with van der Waals surface area (Å²) in [6.07, 6.45) is 4.90. The molecule has 3 heterocycles. The van der Waals surface area contributed by atoms with Crippen LogP contribution in [0.1, 0.15) is 6.42 Å². The SMILES string of the molecule is c1cc2c(cn1)NCCC1COCCN21. The second kappa shape index (κ2) is 3.70. The highest BCUT2D eigenvalue weighted by Crippen LogP contribution is 2.30. The second-order valence-corrected chi connectivity index (χ2v) is 4.03. The Kier molecular flexibility index (Phi) is 2.21. The highest BCUT2D eigenvalue weighted by Gasteiger charge is 2.26. The monoisotopic (exact) mass is 205 g/mol. The Morgan fingerprint density at radius 1 is 1.53 bits per heavy atom. The molecule has 1 atom stereocenters. The third-order valence-corrected chi connectivity index (χ3v) is 3.13. The van der Waals surface area contributed by atoms with Crippen molar-refractivity contribution in [1.29, 1.82) is 0 Å². The van der Waals surface area contributed by atoms with Crippen LogP contribution in [0.25, 0.3) is 0 Å². The van der Waals surface area contributed by atoms with Gasteiger partial charge in [0.1, 0.15) is 0 Å². The fourth-order valence-corrected chi connectivity index (χ4v) is 2.36. The number of hydrogen-bond acceptors (Lipinski definition) is 4. The zero-order chi connectivity index (χ0) is 10.1. The molecule has 0 aromatic carbocycles. The molecule has 4 nitrogen and oxygen atoms in total. The molecule has 0 aliphatic carbocycles. The first kappa shape index (κ1) is 8.97. The molecule has 2 aliphatic heterocycles. The van der Waals surface area contributed by atoms with Crippen molar-refractivity contribution in [2.24, 2.45) is 0 Å². The van der Waals surface area contributed by atoms with Gasteiger partial charge in [-0.05, 0) is 12.5 Å². The summed E-state index contributed by atoms with van der Waals surface area (Å²) in [6, 6.07) is 2.61. The molecule has 4 heteroatoms. The Morgan fingerprint density at radius 3 is 3.53 bits per heavy atom. The molecule has 80 valence electrons. The minimum absolute atomic E-state index is 0.523. The summed E-state index contributed by atoms with van der Waals surface area (Å²) in [4.78, 5) is 6.60. The Morgan fingerprint density at radius 2 is 2.53 bits per heavy atom. The normalized spacial score (nSPS) is 24.8. The standard InChI is InChI=1S/C11H15N3O/c1-4-13-10-7-12-3-2-11(10)14-5-6-15-8-9(1)14/h2-3,7,9,13H,1,4-6,8H2. The number of rotatable bonds is 0. The van der Waals surface area contributed by atoms with Gasteiger partial charge in [-0.3, -0.25) is 4.98 Å². The van der Waals surface area contributed by atoms with E-state index in [1.165, 1.54) is 5.69 Å². The van der Waals surface area contributed by atoms with Crippen molar-refractivity contribution in [3.05, 3.63) is 18.5 Å². The average Bonchev–Trinajstić information content (AvgIpc) is 2.48. The molecule has 0 saturated carbocycles. The van der Waals surface area contributed by atoms with E-state index in [1.807, 2.05) is 12.4 Å². The van der Waals surface area contributed by atoms with Crippen molar-refractivity contribution in [3.63, 3.8) is 0 Å². The van der Waals surface area contributed by atoms with Gasteiger partial charge in [-0.2, -0.15) is 0 Å². The number of pyridine rings is 1. The number of nitrogens with one attached hydrogen (secondary N) is 1. The second-order valence-electron chi connectivity index (χ2n) is 4.03. The molecular formula is C11H15N3O. The number of nitrogens with zero attached hydrogens (tertiary/aromatic N) is 2. The summed E-state index contributed by atoms with van der Waals surface area (Å²) in [5.74, 6) is 0. The molecular weight excluding hydrogens is 190 g/mol. The van der Waals surface area contributed by atoms with Crippen LogP contribution in [-0.2, 0) is 4.74 Å². The first-order valence-corrected chi connectivity index (χ1v) is 5.47. The highest BCUT2D eigenvalue weighted by atomic mass is 16.5. The molecule has 1 fully saturated rings. The number of hydrogen-bond donors (Lipinski definition) is 1. The van der Waals surface area contributed by atoms with Gasteiger partial charge in [0.2, 0.25) is 0 Å². The molecule has 0 bridgehead atoms. The summed E-state index contributed by atoms with van der Waals surface area (Å²) in [5, 5.41) is 3.42. The van der Waals surface area contributed by atoms with Crippen molar-refractivity contribution in [1.82, 2.24) is 4.98 Å². The quantitative estimate of drug-likeness (QED) is 0.688. The highest BCUT2D eigenvalue weighted by molar-refractivity contribution is 5.70. The summed E-state index contributed by atoms with van der Waals surface area (Å²) >= 11 is 0. The van der Waals surface area contributed by atoms with Crippen molar-refractivity contribution < 1.29 is 4.74 Å². The Hall–Kier alpha value is -1.29. The molecule has 1 aromatic heterocycles. The Balaban J connectivity index is 1.99. The largest absolute Gasteiger partial charge is 0.382 e. The van der Waals surface area contributed by atoms with Gasteiger partial charge in [-0.15, -0.1) is 0 Å². The summed E-state index contributed by atoms with van der Waals surface area (Å²) in [7, 11) is 0. The zero-order valence-corrected chi connectivity index (χ0v) is 8.65. The van der Waals surface area contributed by atoms with Gasteiger partial charge in [0.05, 0.1) is 36.8 Å². The molecule has 1 unspecified atom stereocenters. The molecule has 3 rings (SSSR count). The van der Waals surface area contributed by atoms with Crippen LogP contribution in [0.4, 0.5) is 11.4 Å². The van der Waals surface area contributed by atoms with Gasteiger partial charge in [0, 0.05) is 19.3 Å².